The van der Waals surface area contributed by atoms with Crippen LogP contribution in [0.4, 0.5) is 0 Å². The van der Waals surface area contributed by atoms with Gasteiger partial charge in [0.15, 0.2) is 2.82 Å². The van der Waals surface area contributed by atoms with E-state index in [2.05, 4.69) is 0 Å². The molecular weight excluding hydrogens is 156 g/mol. The van der Waals surface area contributed by atoms with Gasteiger partial charge in [-0.25, -0.2) is 0 Å². The molecule has 4 nitrogen and oxygen atoms in total. The quantitative estimate of drug-likeness (QED) is 0.641. The molecule has 0 aromatic heterocycles. The van der Waals surface area contributed by atoms with Crippen molar-refractivity contribution in [2.75, 3.05) is 0 Å². The molecule has 1 aromatic rings. The molecule has 0 aliphatic carbocycles. The van der Waals surface area contributed by atoms with Gasteiger partial charge in [-0.05, 0) is 18.2 Å². The normalized spacial score (nSPS) is 11.3. The number of carbonyl (C=O) groups excluding carboxylic acids is 2. The third-order valence-corrected chi connectivity index (χ3v) is 1.39. The van der Waals surface area contributed by atoms with Crippen LogP contribution in [0.1, 0.15) is 20.7 Å². The maximum absolute atomic E-state index is 11.1. The van der Waals surface area contributed by atoms with E-state index in [0.29, 0.717) is 0 Å². The Labute approximate surface area is 72.1 Å². The SMILES string of the molecule is [2H]N([2H])C(=O)c1cccc(C(N)=O)c1. The van der Waals surface area contributed by atoms with Crippen LogP contribution in [0.5, 0.6) is 0 Å². The predicted octanol–water partition coefficient (Wildman–Crippen LogP) is -0.116. The zero-order valence-corrected chi connectivity index (χ0v) is 6.15. The van der Waals surface area contributed by atoms with Gasteiger partial charge < -0.3 is 11.5 Å². The Morgan fingerprint density at radius 2 is 1.83 bits per heavy atom. The van der Waals surface area contributed by atoms with Gasteiger partial charge in [-0.3, -0.25) is 9.59 Å². The third kappa shape index (κ3) is 1.60. The highest BCUT2D eigenvalue weighted by atomic mass is 16.1. The van der Waals surface area contributed by atoms with Crippen LogP contribution in [0.3, 0.4) is 0 Å². The highest BCUT2D eigenvalue weighted by Gasteiger charge is 2.03. The summed E-state index contributed by atoms with van der Waals surface area (Å²) >= 11 is 0. The van der Waals surface area contributed by atoms with Crippen LogP contribution in [0.2, 0.25) is 2.82 Å². The Bertz CT molecular complexity index is 379. The lowest BCUT2D eigenvalue weighted by Crippen LogP contribution is -2.14. The molecule has 0 aliphatic rings. The Hall–Kier alpha value is -1.84. The molecule has 62 valence electrons. The first kappa shape index (κ1) is 5.77. The lowest BCUT2D eigenvalue weighted by atomic mass is 10.1. The van der Waals surface area contributed by atoms with E-state index in [1.54, 1.807) is 0 Å². The Kier molecular flexibility index (Phi) is 1.46. The van der Waals surface area contributed by atoms with Crippen molar-refractivity contribution in [2.45, 2.75) is 0 Å². The highest BCUT2D eigenvalue weighted by molar-refractivity contribution is 5.98. The first-order valence-corrected chi connectivity index (χ1v) is 3.24. The minimum atomic E-state index is -0.812. The van der Waals surface area contributed by atoms with Gasteiger partial charge >= 0.3 is 0 Å². The fourth-order valence-corrected chi connectivity index (χ4v) is 0.805. The van der Waals surface area contributed by atoms with Crippen LogP contribution in [0.25, 0.3) is 0 Å². The maximum Gasteiger partial charge on any atom is 0.248 e. The Balaban J connectivity index is 3.06. The summed E-state index contributed by atoms with van der Waals surface area (Å²) in [5.41, 5.74) is 5.21. The smallest absolute Gasteiger partial charge is 0.248 e. The summed E-state index contributed by atoms with van der Waals surface area (Å²) in [5, 5.41) is 0. The number of nitrogens with two attached hydrogens (primary N) is 2. The summed E-state index contributed by atoms with van der Waals surface area (Å²) in [6, 6.07) is 5.58. The first-order valence-electron chi connectivity index (χ1n) is 4.14. The zero-order valence-electron chi connectivity index (χ0n) is 8.15. The molecule has 4 N–H and O–H groups in total. The molecule has 0 spiro atoms. The van der Waals surface area contributed by atoms with E-state index in [1.807, 2.05) is 0 Å². The van der Waals surface area contributed by atoms with E-state index in [1.165, 1.54) is 24.3 Å². The first-order chi connectivity index (χ1) is 6.52. The number of hydrogen-bond donors (Lipinski definition) is 2. The molecule has 12 heavy (non-hydrogen) atoms. The Morgan fingerprint density at radius 3 is 2.33 bits per heavy atom. The molecule has 0 heterocycles. The van der Waals surface area contributed by atoms with Crippen molar-refractivity contribution in [3.8, 4) is 0 Å². The predicted molar refractivity (Wildman–Crippen MR) is 43.5 cm³/mol. The van der Waals surface area contributed by atoms with Crippen LogP contribution < -0.4 is 11.5 Å². The van der Waals surface area contributed by atoms with Crippen molar-refractivity contribution in [3.63, 3.8) is 0 Å². The van der Waals surface area contributed by atoms with Crippen LogP contribution >= 0.6 is 0 Å². The van der Waals surface area contributed by atoms with Gasteiger partial charge in [0.25, 0.3) is 0 Å². The maximum atomic E-state index is 11.1. The molecule has 1 rings (SSSR count). The lowest BCUT2D eigenvalue weighted by Gasteiger charge is -1.97. The van der Waals surface area contributed by atoms with E-state index in [0.717, 1.165) is 0 Å². The molecule has 0 fully saturated rings. The molecule has 0 saturated carbocycles. The van der Waals surface area contributed by atoms with Gasteiger partial charge in [0.2, 0.25) is 11.8 Å². The summed E-state index contributed by atoms with van der Waals surface area (Å²) in [6.45, 7) is 0. The number of amides is 2. The van der Waals surface area contributed by atoms with E-state index >= 15 is 0 Å². The van der Waals surface area contributed by atoms with Crippen molar-refractivity contribution in [1.29, 1.82) is 0 Å². The van der Waals surface area contributed by atoms with Crippen LogP contribution in [0, 0.1) is 0 Å². The minimum absolute atomic E-state index is 0.0554. The zero-order chi connectivity index (χ0) is 10.7. The molecule has 0 saturated heterocycles. The number of benzene rings is 1. The molecular formula is C8H8N2O2. The van der Waals surface area contributed by atoms with Gasteiger partial charge in [-0.15, -0.1) is 0 Å². The second-order valence-electron chi connectivity index (χ2n) is 2.25. The number of rotatable bonds is 2. The van der Waals surface area contributed by atoms with Crippen LogP contribution in [0.15, 0.2) is 24.3 Å². The van der Waals surface area contributed by atoms with Crippen LogP contribution in [-0.4, -0.2) is 11.8 Å². The number of carbonyl (C=O) groups is 2. The Morgan fingerprint density at radius 1 is 1.25 bits per heavy atom. The summed E-state index contributed by atoms with van der Waals surface area (Å²) in [5.74, 6) is -1.46. The molecule has 1 aromatic carbocycles. The molecule has 0 atom stereocenters. The topological polar surface area (TPSA) is 86.2 Å². The van der Waals surface area contributed by atoms with E-state index in [9.17, 15) is 9.59 Å². The average molecular weight is 166 g/mol. The fourth-order valence-electron chi connectivity index (χ4n) is 0.805. The standard InChI is InChI=1S/C8H8N2O2/c9-7(11)5-2-1-3-6(4-5)8(10)12/h1-4H,(H2,9,11)(H2,10,12)/i/hD2. The van der Waals surface area contributed by atoms with Gasteiger partial charge in [-0.2, -0.15) is 0 Å². The van der Waals surface area contributed by atoms with Crippen LogP contribution in [-0.2, 0) is 0 Å². The molecule has 0 radical (unpaired) electrons. The number of hydrogen-bond acceptors (Lipinski definition) is 2. The summed E-state index contributed by atoms with van der Waals surface area (Å²) in [7, 11) is 0. The van der Waals surface area contributed by atoms with E-state index in [-0.39, 0.29) is 16.8 Å². The monoisotopic (exact) mass is 166 g/mol. The average Bonchev–Trinajstić information content (AvgIpc) is 2.16. The minimum Gasteiger partial charge on any atom is -0.366 e. The van der Waals surface area contributed by atoms with Gasteiger partial charge in [0, 0.05) is 11.1 Å². The van der Waals surface area contributed by atoms with Gasteiger partial charge in [0.1, 0.15) is 0 Å². The second-order valence-corrected chi connectivity index (χ2v) is 2.25. The lowest BCUT2D eigenvalue weighted by molar-refractivity contribution is 0.0999. The summed E-state index contributed by atoms with van der Waals surface area (Å²) in [6.07, 6.45) is 0. The molecule has 0 bridgehead atoms. The number of primary amides is 2. The van der Waals surface area contributed by atoms with Crippen molar-refractivity contribution >= 4 is 11.8 Å². The van der Waals surface area contributed by atoms with E-state index < -0.39 is 11.8 Å². The highest BCUT2D eigenvalue weighted by Crippen LogP contribution is 2.03. The fraction of sp³-hybridized carbons (Fsp3) is 0. The largest absolute Gasteiger partial charge is 0.366 e. The van der Waals surface area contributed by atoms with Gasteiger partial charge in [0.05, 0.1) is 0 Å². The van der Waals surface area contributed by atoms with Crippen molar-refractivity contribution in [2.24, 2.45) is 11.5 Å². The molecule has 0 unspecified atom stereocenters. The summed E-state index contributed by atoms with van der Waals surface area (Å²) in [4.78, 5) is 21.9. The van der Waals surface area contributed by atoms with Crippen molar-refractivity contribution in [3.05, 3.63) is 35.4 Å². The van der Waals surface area contributed by atoms with E-state index in [4.69, 9.17) is 8.56 Å². The second kappa shape index (κ2) is 3.04. The molecule has 0 aliphatic heterocycles. The third-order valence-electron chi connectivity index (χ3n) is 1.39. The van der Waals surface area contributed by atoms with Crippen molar-refractivity contribution < 1.29 is 12.4 Å². The molecule has 4 heteroatoms. The van der Waals surface area contributed by atoms with Gasteiger partial charge in [-0.1, -0.05) is 6.07 Å². The van der Waals surface area contributed by atoms with Crippen molar-refractivity contribution in [1.82, 2.24) is 0 Å². The summed E-state index contributed by atoms with van der Waals surface area (Å²) < 4.78 is 13.5. The molecule has 2 amide bonds.